The highest BCUT2D eigenvalue weighted by Gasteiger charge is 2.03. The summed E-state index contributed by atoms with van der Waals surface area (Å²) in [5, 5.41) is 3.46. The van der Waals surface area contributed by atoms with Gasteiger partial charge in [0.25, 0.3) is 0 Å². The van der Waals surface area contributed by atoms with Gasteiger partial charge in [0.2, 0.25) is 0 Å². The van der Waals surface area contributed by atoms with Gasteiger partial charge >= 0.3 is 0 Å². The molecule has 1 aromatic carbocycles. The number of hydrogen-bond donors (Lipinski definition) is 2. The van der Waals surface area contributed by atoms with Crippen molar-refractivity contribution in [1.29, 1.82) is 0 Å². The van der Waals surface area contributed by atoms with Crippen LogP contribution in [0.25, 0.3) is 0 Å². The minimum absolute atomic E-state index is 0.590. The molecule has 0 aromatic heterocycles. The highest BCUT2D eigenvalue weighted by molar-refractivity contribution is 9.10. The van der Waals surface area contributed by atoms with Crippen molar-refractivity contribution < 1.29 is 4.74 Å². The van der Waals surface area contributed by atoms with Gasteiger partial charge in [-0.15, -0.1) is 0 Å². The molecule has 4 heteroatoms. The van der Waals surface area contributed by atoms with Crippen molar-refractivity contribution in [3.8, 4) is 5.75 Å². The Labute approximate surface area is 118 Å². The third-order valence-electron chi connectivity index (χ3n) is 3.15. The molecule has 3 nitrogen and oxygen atoms in total. The molecule has 0 aliphatic heterocycles. The van der Waals surface area contributed by atoms with Crippen LogP contribution in [0.2, 0.25) is 0 Å². The Morgan fingerprint density at radius 3 is 2.78 bits per heavy atom. The Kier molecular flexibility index (Phi) is 7.32. The lowest BCUT2D eigenvalue weighted by Crippen LogP contribution is -2.29. The summed E-state index contributed by atoms with van der Waals surface area (Å²) in [6.45, 7) is 4.93. The highest BCUT2D eigenvalue weighted by Crippen LogP contribution is 2.25. The first-order chi connectivity index (χ1) is 8.71. The molecule has 0 saturated carbocycles. The first-order valence-electron chi connectivity index (χ1n) is 6.44. The maximum atomic E-state index is 5.67. The number of rotatable bonds is 8. The van der Waals surface area contributed by atoms with Crippen LogP contribution in [0, 0.1) is 5.92 Å². The Morgan fingerprint density at radius 1 is 1.44 bits per heavy atom. The summed E-state index contributed by atoms with van der Waals surface area (Å²) in [5.74, 6) is 1.47. The monoisotopic (exact) mass is 314 g/mol. The average molecular weight is 315 g/mol. The zero-order chi connectivity index (χ0) is 13.4. The van der Waals surface area contributed by atoms with E-state index in [0.29, 0.717) is 5.92 Å². The Hall–Kier alpha value is -0.580. The van der Waals surface area contributed by atoms with Gasteiger partial charge in [0.15, 0.2) is 0 Å². The number of ether oxygens (including phenoxy) is 1. The summed E-state index contributed by atoms with van der Waals surface area (Å²) >= 11 is 3.50. The van der Waals surface area contributed by atoms with Crippen LogP contribution in [0.1, 0.15) is 18.9 Å². The molecule has 0 fully saturated rings. The van der Waals surface area contributed by atoms with E-state index in [2.05, 4.69) is 40.3 Å². The van der Waals surface area contributed by atoms with Gasteiger partial charge in [0.1, 0.15) is 5.75 Å². The molecule has 0 saturated heterocycles. The molecule has 0 bridgehead atoms. The van der Waals surface area contributed by atoms with E-state index < -0.39 is 0 Å². The van der Waals surface area contributed by atoms with E-state index in [1.54, 1.807) is 7.11 Å². The molecular weight excluding hydrogens is 292 g/mol. The van der Waals surface area contributed by atoms with Crippen LogP contribution in [-0.4, -0.2) is 26.7 Å². The predicted molar refractivity (Wildman–Crippen MR) is 80.1 cm³/mol. The van der Waals surface area contributed by atoms with Gasteiger partial charge < -0.3 is 15.8 Å². The largest absolute Gasteiger partial charge is 0.496 e. The fourth-order valence-corrected chi connectivity index (χ4v) is 2.39. The molecule has 1 unspecified atom stereocenters. The molecule has 102 valence electrons. The zero-order valence-corrected chi connectivity index (χ0v) is 12.8. The second kappa shape index (κ2) is 8.51. The van der Waals surface area contributed by atoms with E-state index in [1.807, 2.05) is 6.07 Å². The maximum Gasteiger partial charge on any atom is 0.133 e. The summed E-state index contributed by atoms with van der Waals surface area (Å²) in [7, 11) is 1.68. The molecule has 0 radical (unpaired) electrons. The molecule has 1 atom stereocenters. The van der Waals surface area contributed by atoms with Crippen molar-refractivity contribution in [2.45, 2.75) is 19.8 Å². The highest BCUT2D eigenvalue weighted by atomic mass is 79.9. The van der Waals surface area contributed by atoms with Gasteiger partial charge in [-0.3, -0.25) is 0 Å². The molecule has 18 heavy (non-hydrogen) atoms. The lowest BCUT2D eigenvalue weighted by molar-refractivity contribution is 0.412. The van der Waals surface area contributed by atoms with Crippen molar-refractivity contribution in [3.05, 3.63) is 28.2 Å². The Bertz CT molecular complexity index is 354. The van der Waals surface area contributed by atoms with E-state index in [9.17, 15) is 0 Å². The van der Waals surface area contributed by atoms with Crippen molar-refractivity contribution in [2.75, 3.05) is 26.7 Å². The SMILES string of the molecule is CCC(CN)CNCCc1ccc(OC)c(Br)c1. The third-order valence-corrected chi connectivity index (χ3v) is 3.77. The molecule has 0 heterocycles. The second-order valence-corrected chi connectivity index (χ2v) is 5.29. The number of methoxy groups -OCH3 is 1. The lowest BCUT2D eigenvalue weighted by Gasteiger charge is -2.13. The normalized spacial score (nSPS) is 12.4. The van der Waals surface area contributed by atoms with E-state index in [-0.39, 0.29) is 0 Å². The summed E-state index contributed by atoms with van der Waals surface area (Å²) < 4.78 is 6.22. The van der Waals surface area contributed by atoms with Crippen molar-refractivity contribution in [3.63, 3.8) is 0 Å². The maximum absolute atomic E-state index is 5.67. The number of hydrogen-bond acceptors (Lipinski definition) is 3. The van der Waals surface area contributed by atoms with E-state index in [0.717, 1.165) is 42.7 Å². The third kappa shape index (κ3) is 4.96. The van der Waals surface area contributed by atoms with Crippen molar-refractivity contribution in [2.24, 2.45) is 11.7 Å². The Balaban J connectivity index is 2.33. The topological polar surface area (TPSA) is 47.3 Å². The lowest BCUT2D eigenvalue weighted by atomic mass is 10.1. The number of benzene rings is 1. The number of halogens is 1. The first-order valence-corrected chi connectivity index (χ1v) is 7.23. The molecule has 0 aliphatic rings. The summed E-state index contributed by atoms with van der Waals surface area (Å²) in [6, 6.07) is 6.21. The molecule has 1 rings (SSSR count). The van der Waals surface area contributed by atoms with Gasteiger partial charge in [-0.1, -0.05) is 19.4 Å². The van der Waals surface area contributed by atoms with E-state index in [1.165, 1.54) is 5.56 Å². The van der Waals surface area contributed by atoms with Gasteiger partial charge in [-0.2, -0.15) is 0 Å². The average Bonchev–Trinajstić information content (AvgIpc) is 2.39. The van der Waals surface area contributed by atoms with Crippen LogP contribution >= 0.6 is 15.9 Å². The quantitative estimate of drug-likeness (QED) is 0.725. The van der Waals surface area contributed by atoms with Crippen molar-refractivity contribution >= 4 is 15.9 Å². The molecule has 0 amide bonds. The van der Waals surface area contributed by atoms with Gasteiger partial charge in [0.05, 0.1) is 11.6 Å². The van der Waals surface area contributed by atoms with Crippen molar-refractivity contribution in [1.82, 2.24) is 5.32 Å². The summed E-state index contributed by atoms with van der Waals surface area (Å²) in [4.78, 5) is 0. The van der Waals surface area contributed by atoms with Crippen LogP contribution < -0.4 is 15.8 Å². The zero-order valence-electron chi connectivity index (χ0n) is 11.2. The fraction of sp³-hybridized carbons (Fsp3) is 0.571. The molecule has 3 N–H and O–H groups in total. The second-order valence-electron chi connectivity index (χ2n) is 4.43. The minimum atomic E-state index is 0.590. The fourth-order valence-electron chi connectivity index (χ4n) is 1.80. The van der Waals surface area contributed by atoms with Gasteiger partial charge in [-0.05, 0) is 65.6 Å². The van der Waals surface area contributed by atoms with Crippen LogP contribution in [-0.2, 0) is 6.42 Å². The van der Waals surface area contributed by atoms with Crippen LogP contribution in [0.5, 0.6) is 5.75 Å². The standard InChI is InChI=1S/C14H23BrN2O/c1-3-11(9-16)10-17-7-6-12-4-5-14(18-2)13(15)8-12/h4-5,8,11,17H,3,6-7,9-10,16H2,1-2H3. The number of nitrogens with one attached hydrogen (secondary N) is 1. The molecule has 0 spiro atoms. The number of nitrogens with two attached hydrogens (primary N) is 1. The molecule has 0 aliphatic carbocycles. The molecule has 1 aromatic rings. The first kappa shape index (κ1) is 15.5. The van der Waals surface area contributed by atoms with Gasteiger partial charge in [-0.25, -0.2) is 0 Å². The smallest absolute Gasteiger partial charge is 0.133 e. The minimum Gasteiger partial charge on any atom is -0.496 e. The van der Waals surface area contributed by atoms with Crippen LogP contribution in [0.15, 0.2) is 22.7 Å². The van der Waals surface area contributed by atoms with E-state index >= 15 is 0 Å². The van der Waals surface area contributed by atoms with Crippen LogP contribution in [0.4, 0.5) is 0 Å². The predicted octanol–water partition coefficient (Wildman–Crippen LogP) is 2.57. The summed E-state index contributed by atoms with van der Waals surface area (Å²) in [5.41, 5.74) is 6.97. The van der Waals surface area contributed by atoms with Gasteiger partial charge in [0, 0.05) is 0 Å². The van der Waals surface area contributed by atoms with E-state index in [4.69, 9.17) is 10.5 Å². The van der Waals surface area contributed by atoms with Crippen LogP contribution in [0.3, 0.4) is 0 Å². The molecular formula is C14H23BrN2O. The Morgan fingerprint density at radius 2 is 2.22 bits per heavy atom. The summed E-state index contributed by atoms with van der Waals surface area (Å²) in [6.07, 6.45) is 2.15.